The number of hydrogen-bond acceptors (Lipinski definition) is 3. The van der Waals surface area contributed by atoms with Gasteiger partial charge >= 0.3 is 0 Å². The van der Waals surface area contributed by atoms with Gasteiger partial charge in [-0.1, -0.05) is 30.3 Å². The first-order valence-corrected chi connectivity index (χ1v) is 5.64. The normalized spacial score (nSPS) is 20.3. The first kappa shape index (κ1) is 12.7. The highest BCUT2D eigenvalue weighted by molar-refractivity contribution is 6.01. The molecule has 0 aromatic heterocycles. The molecular formula is C13H12F2N2O. The zero-order chi connectivity index (χ0) is 13.2. The average molecular weight is 250 g/mol. The molecule has 0 radical (unpaired) electrons. The standard InChI is InChI=1S/C13H12F2N2O/c14-13(15)6-7-17(9-13)11(8-16)12(18)10-4-2-1-3-5-10/h1-5,11H,6-7,9H2. The molecule has 1 unspecified atom stereocenters. The summed E-state index contributed by atoms with van der Waals surface area (Å²) in [5, 5.41) is 9.03. The molecule has 1 atom stereocenters. The van der Waals surface area contributed by atoms with Crippen molar-refractivity contribution in [1.82, 2.24) is 4.90 Å². The van der Waals surface area contributed by atoms with E-state index in [1.165, 1.54) is 4.90 Å². The van der Waals surface area contributed by atoms with Gasteiger partial charge in [0.2, 0.25) is 0 Å². The van der Waals surface area contributed by atoms with Crippen molar-refractivity contribution in [3.63, 3.8) is 0 Å². The van der Waals surface area contributed by atoms with Crippen LogP contribution in [0.2, 0.25) is 0 Å². The molecule has 1 aromatic carbocycles. The smallest absolute Gasteiger partial charge is 0.261 e. The van der Waals surface area contributed by atoms with Crippen LogP contribution in [0.3, 0.4) is 0 Å². The van der Waals surface area contributed by atoms with E-state index in [9.17, 15) is 13.6 Å². The quantitative estimate of drug-likeness (QED) is 0.772. The van der Waals surface area contributed by atoms with Gasteiger partial charge in [0.05, 0.1) is 12.6 Å². The number of nitrogens with zero attached hydrogens (tertiary/aromatic N) is 2. The fraction of sp³-hybridized carbons (Fsp3) is 0.385. The molecule has 94 valence electrons. The summed E-state index contributed by atoms with van der Waals surface area (Å²) in [6.07, 6.45) is -0.298. The Morgan fingerprint density at radius 1 is 1.39 bits per heavy atom. The Hall–Kier alpha value is -1.80. The Morgan fingerprint density at radius 2 is 2.06 bits per heavy atom. The van der Waals surface area contributed by atoms with E-state index in [1.807, 2.05) is 6.07 Å². The molecule has 18 heavy (non-hydrogen) atoms. The predicted octanol–water partition coefficient (Wildman–Crippen LogP) is 2.10. The second kappa shape index (κ2) is 4.83. The molecule has 1 heterocycles. The Kier molecular flexibility index (Phi) is 3.39. The van der Waals surface area contributed by atoms with Gasteiger partial charge in [-0.15, -0.1) is 0 Å². The van der Waals surface area contributed by atoms with Gasteiger partial charge in [-0.25, -0.2) is 8.78 Å². The fourth-order valence-electron chi connectivity index (χ4n) is 2.05. The molecule has 0 N–H and O–H groups in total. The molecule has 1 aliphatic heterocycles. The molecule has 2 rings (SSSR count). The van der Waals surface area contributed by atoms with Crippen molar-refractivity contribution in [2.75, 3.05) is 13.1 Å². The van der Waals surface area contributed by atoms with Crippen molar-refractivity contribution in [2.24, 2.45) is 0 Å². The molecule has 5 heteroatoms. The van der Waals surface area contributed by atoms with Crippen LogP contribution in [0, 0.1) is 11.3 Å². The van der Waals surface area contributed by atoms with Gasteiger partial charge in [0.25, 0.3) is 5.92 Å². The van der Waals surface area contributed by atoms with E-state index in [4.69, 9.17) is 5.26 Å². The lowest BCUT2D eigenvalue weighted by Gasteiger charge is -2.20. The molecule has 0 bridgehead atoms. The number of Topliss-reactive ketones (excluding diaryl/α,β-unsaturated/α-hetero) is 1. The number of alkyl halides is 2. The molecule has 1 saturated heterocycles. The zero-order valence-electron chi connectivity index (χ0n) is 9.64. The van der Waals surface area contributed by atoms with Crippen molar-refractivity contribution in [3.8, 4) is 6.07 Å². The summed E-state index contributed by atoms with van der Waals surface area (Å²) in [5.74, 6) is -3.22. The number of rotatable bonds is 3. The molecule has 1 aromatic rings. The summed E-state index contributed by atoms with van der Waals surface area (Å²) in [6.45, 7) is -0.451. The Bertz CT molecular complexity index is 482. The van der Waals surface area contributed by atoms with Crippen LogP contribution in [0.5, 0.6) is 0 Å². The Morgan fingerprint density at radius 3 is 2.56 bits per heavy atom. The number of likely N-dealkylation sites (tertiary alicyclic amines) is 1. The maximum absolute atomic E-state index is 13.1. The molecule has 0 amide bonds. The van der Waals surface area contributed by atoms with Crippen molar-refractivity contribution in [1.29, 1.82) is 5.26 Å². The maximum Gasteiger partial charge on any atom is 0.261 e. The molecule has 0 spiro atoms. The number of nitriles is 1. The van der Waals surface area contributed by atoms with Crippen LogP contribution in [0.1, 0.15) is 16.8 Å². The van der Waals surface area contributed by atoms with Crippen LogP contribution in [0.4, 0.5) is 8.78 Å². The van der Waals surface area contributed by atoms with E-state index >= 15 is 0 Å². The number of carbonyl (C=O) groups is 1. The Labute approximate surface area is 104 Å². The van der Waals surface area contributed by atoms with Crippen LogP contribution < -0.4 is 0 Å². The number of carbonyl (C=O) groups excluding carboxylic acids is 1. The van der Waals surface area contributed by atoms with E-state index in [0.717, 1.165) is 0 Å². The van der Waals surface area contributed by atoms with Gasteiger partial charge in [-0.2, -0.15) is 5.26 Å². The fourth-order valence-corrected chi connectivity index (χ4v) is 2.05. The predicted molar refractivity (Wildman–Crippen MR) is 61.3 cm³/mol. The maximum atomic E-state index is 13.1. The molecular weight excluding hydrogens is 238 g/mol. The third-order valence-electron chi connectivity index (χ3n) is 2.99. The summed E-state index contributed by atoms with van der Waals surface area (Å²) in [4.78, 5) is 13.3. The Balaban J connectivity index is 2.16. The SMILES string of the molecule is N#CC(C(=O)c1ccccc1)N1CCC(F)(F)C1. The molecule has 0 aliphatic carbocycles. The third-order valence-corrected chi connectivity index (χ3v) is 2.99. The van der Waals surface area contributed by atoms with Crippen LogP contribution in [0.25, 0.3) is 0 Å². The van der Waals surface area contributed by atoms with Gasteiger partial charge in [0.1, 0.15) is 0 Å². The van der Waals surface area contributed by atoms with Crippen LogP contribution in [-0.2, 0) is 0 Å². The highest BCUT2D eigenvalue weighted by Crippen LogP contribution is 2.28. The van der Waals surface area contributed by atoms with Gasteiger partial charge in [-0.3, -0.25) is 9.69 Å². The minimum atomic E-state index is -2.80. The van der Waals surface area contributed by atoms with Crippen molar-refractivity contribution < 1.29 is 13.6 Å². The summed E-state index contributed by atoms with van der Waals surface area (Å²) >= 11 is 0. The minimum absolute atomic E-state index is 0.0732. The molecule has 0 saturated carbocycles. The topological polar surface area (TPSA) is 44.1 Å². The number of hydrogen-bond donors (Lipinski definition) is 0. The van der Waals surface area contributed by atoms with Gasteiger partial charge in [-0.05, 0) is 0 Å². The third kappa shape index (κ3) is 2.54. The first-order chi connectivity index (χ1) is 8.53. The van der Waals surface area contributed by atoms with Gasteiger partial charge in [0, 0.05) is 18.5 Å². The second-order valence-electron chi connectivity index (χ2n) is 4.34. The number of benzene rings is 1. The van der Waals surface area contributed by atoms with E-state index < -0.39 is 24.3 Å². The number of halogens is 2. The lowest BCUT2D eigenvalue weighted by molar-refractivity contribution is 0.0105. The summed E-state index contributed by atoms with van der Waals surface area (Å²) < 4.78 is 26.2. The van der Waals surface area contributed by atoms with Crippen molar-refractivity contribution in [3.05, 3.63) is 35.9 Å². The zero-order valence-corrected chi connectivity index (χ0v) is 9.64. The van der Waals surface area contributed by atoms with Crippen LogP contribution in [0.15, 0.2) is 30.3 Å². The minimum Gasteiger partial charge on any atom is -0.291 e. The monoisotopic (exact) mass is 250 g/mol. The van der Waals surface area contributed by atoms with Crippen LogP contribution in [-0.4, -0.2) is 35.7 Å². The van der Waals surface area contributed by atoms with E-state index in [-0.39, 0.29) is 13.0 Å². The summed E-state index contributed by atoms with van der Waals surface area (Å²) in [5.41, 5.74) is 0.374. The summed E-state index contributed by atoms with van der Waals surface area (Å²) in [6, 6.07) is 8.98. The van der Waals surface area contributed by atoms with E-state index in [0.29, 0.717) is 5.56 Å². The van der Waals surface area contributed by atoms with Gasteiger partial charge < -0.3 is 0 Å². The van der Waals surface area contributed by atoms with E-state index in [2.05, 4.69) is 0 Å². The lowest BCUT2D eigenvalue weighted by Crippen LogP contribution is -2.40. The van der Waals surface area contributed by atoms with Crippen molar-refractivity contribution in [2.45, 2.75) is 18.4 Å². The average Bonchev–Trinajstić information content (AvgIpc) is 2.71. The highest BCUT2D eigenvalue weighted by Gasteiger charge is 2.42. The number of ketones is 1. The van der Waals surface area contributed by atoms with Crippen molar-refractivity contribution >= 4 is 5.78 Å². The molecule has 1 aliphatic rings. The van der Waals surface area contributed by atoms with Gasteiger partial charge in [0.15, 0.2) is 11.8 Å². The second-order valence-corrected chi connectivity index (χ2v) is 4.34. The highest BCUT2D eigenvalue weighted by atomic mass is 19.3. The molecule has 1 fully saturated rings. The first-order valence-electron chi connectivity index (χ1n) is 5.64. The lowest BCUT2D eigenvalue weighted by atomic mass is 10.0. The van der Waals surface area contributed by atoms with E-state index in [1.54, 1.807) is 30.3 Å². The van der Waals surface area contributed by atoms with Crippen LogP contribution >= 0.6 is 0 Å². The molecule has 3 nitrogen and oxygen atoms in total. The summed E-state index contributed by atoms with van der Waals surface area (Å²) in [7, 11) is 0. The largest absolute Gasteiger partial charge is 0.291 e.